The average molecular weight is 348 g/mol. The highest BCUT2D eigenvalue weighted by Gasteiger charge is 2.26. The molecule has 0 spiro atoms. The molecule has 3 rings (SSSR count). The van der Waals surface area contributed by atoms with Crippen molar-refractivity contribution in [2.45, 2.75) is 13.3 Å². The molecule has 1 atom stereocenters. The number of hydrogen-bond acceptors (Lipinski definition) is 6. The van der Waals surface area contributed by atoms with Gasteiger partial charge in [0.15, 0.2) is 5.82 Å². The Kier molecular flexibility index (Phi) is 4.47. The Morgan fingerprint density at radius 1 is 1.38 bits per heavy atom. The maximum atomic E-state index is 12.5. The molecule has 0 saturated carbocycles. The van der Waals surface area contributed by atoms with Gasteiger partial charge in [0.05, 0.1) is 17.6 Å². The first-order chi connectivity index (χ1) is 11.4. The molecule has 0 amide bonds. The van der Waals surface area contributed by atoms with Gasteiger partial charge in [-0.05, 0) is 25.5 Å². The fraction of sp³-hybridized carbons (Fsp3) is 0.375. The lowest BCUT2D eigenvalue weighted by Gasteiger charge is -2.29. The van der Waals surface area contributed by atoms with E-state index >= 15 is 0 Å². The quantitative estimate of drug-likeness (QED) is 0.672. The van der Waals surface area contributed by atoms with E-state index in [0.717, 1.165) is 9.99 Å². The second-order valence-electron chi connectivity index (χ2n) is 5.75. The number of fused-ring (bicyclic) bond motifs is 1. The van der Waals surface area contributed by atoms with Crippen LogP contribution in [-0.4, -0.2) is 36.0 Å². The first-order valence-electron chi connectivity index (χ1n) is 7.87. The lowest BCUT2D eigenvalue weighted by molar-refractivity contribution is 0.341. The third-order valence-corrected chi connectivity index (χ3v) is 6.36. The number of nitrogens with zero attached hydrogens (tertiary/aromatic N) is 3. The highest BCUT2D eigenvalue weighted by atomic mass is 31.2. The number of hydrogen-bond donors (Lipinski definition) is 1. The van der Waals surface area contributed by atoms with E-state index in [9.17, 15) is 9.36 Å². The summed E-state index contributed by atoms with van der Waals surface area (Å²) in [6, 6.07) is 7.25. The highest BCUT2D eigenvalue weighted by Crippen LogP contribution is 2.53. The Morgan fingerprint density at radius 2 is 2.12 bits per heavy atom. The number of para-hydroxylation sites is 2. The molecule has 1 aliphatic heterocycles. The highest BCUT2D eigenvalue weighted by molar-refractivity contribution is 7.62. The van der Waals surface area contributed by atoms with Crippen LogP contribution in [0.3, 0.4) is 0 Å². The molecule has 2 heterocycles. The average Bonchev–Trinajstić information content (AvgIpc) is 2.58. The normalized spacial score (nSPS) is 17.6. The van der Waals surface area contributed by atoms with Gasteiger partial charge in [-0.1, -0.05) is 18.2 Å². The number of benzene rings is 1. The van der Waals surface area contributed by atoms with Crippen molar-refractivity contribution in [3.05, 3.63) is 46.0 Å². The number of aromatic nitrogens is 2. The first-order valence-corrected chi connectivity index (χ1v) is 9.94. The first kappa shape index (κ1) is 16.7. The molecule has 7 nitrogen and oxygen atoms in total. The second kappa shape index (κ2) is 6.42. The summed E-state index contributed by atoms with van der Waals surface area (Å²) in [5.41, 5.74) is 0.920. The molecule has 8 heteroatoms. The molecule has 0 radical (unpaired) electrons. The van der Waals surface area contributed by atoms with E-state index in [4.69, 9.17) is 10.4 Å². The summed E-state index contributed by atoms with van der Waals surface area (Å²) in [6.45, 7) is 4.89. The largest absolute Gasteiger partial charge is 0.348 e. The van der Waals surface area contributed by atoms with Crippen molar-refractivity contribution in [1.29, 1.82) is 0 Å². The Labute approximate surface area is 140 Å². The fourth-order valence-electron chi connectivity index (χ4n) is 2.90. The molecule has 2 N–H and O–H groups in total. The van der Waals surface area contributed by atoms with E-state index in [1.165, 1.54) is 0 Å². The lowest BCUT2D eigenvalue weighted by atomic mass is 10.2. The van der Waals surface area contributed by atoms with Crippen LogP contribution in [0.4, 0.5) is 5.82 Å². The van der Waals surface area contributed by atoms with Gasteiger partial charge in [0.2, 0.25) is 7.37 Å². The van der Waals surface area contributed by atoms with Crippen molar-refractivity contribution in [2.24, 2.45) is 0 Å². The lowest BCUT2D eigenvalue weighted by Crippen LogP contribution is -2.38. The van der Waals surface area contributed by atoms with Gasteiger partial charge in [0, 0.05) is 25.1 Å². The van der Waals surface area contributed by atoms with Gasteiger partial charge in [0.25, 0.3) is 0 Å². The summed E-state index contributed by atoms with van der Waals surface area (Å²) in [5.74, 6) is 6.23. The monoisotopic (exact) mass is 348 g/mol. The third kappa shape index (κ3) is 2.97. The van der Waals surface area contributed by atoms with Crippen LogP contribution in [0, 0.1) is 0 Å². The van der Waals surface area contributed by atoms with Gasteiger partial charge in [-0.2, -0.15) is 0 Å². The third-order valence-electron chi connectivity index (χ3n) is 4.16. The molecule has 2 aromatic rings. The van der Waals surface area contributed by atoms with E-state index < -0.39 is 7.37 Å². The minimum absolute atomic E-state index is 0.314. The van der Waals surface area contributed by atoms with Crippen molar-refractivity contribution < 1.29 is 9.09 Å². The standard InChI is InChI=1S/C16H21N4O3P/c1-3-23-24(2,22)12-8-10-19(11-9-12)15-16(21)20(17)14-7-5-4-6-13(14)18-15/h4-8H,3,9-11,17H2,1-2H3. The van der Waals surface area contributed by atoms with Gasteiger partial charge < -0.3 is 15.3 Å². The number of nitrogens with two attached hydrogens (primary N) is 1. The molecule has 1 aromatic carbocycles. The van der Waals surface area contributed by atoms with Crippen LogP contribution >= 0.6 is 7.37 Å². The molecule has 0 fully saturated rings. The summed E-state index contributed by atoms with van der Waals surface area (Å²) >= 11 is 0. The zero-order valence-electron chi connectivity index (χ0n) is 13.8. The van der Waals surface area contributed by atoms with E-state index in [2.05, 4.69) is 4.98 Å². The molecule has 1 unspecified atom stereocenters. The molecule has 1 aliphatic rings. The van der Waals surface area contributed by atoms with Crippen molar-refractivity contribution in [3.8, 4) is 0 Å². The fourth-order valence-corrected chi connectivity index (χ4v) is 4.47. The molecular formula is C16H21N4O3P. The van der Waals surface area contributed by atoms with Gasteiger partial charge in [-0.15, -0.1) is 0 Å². The summed E-state index contributed by atoms with van der Waals surface area (Å²) in [6.07, 6.45) is 2.45. The van der Waals surface area contributed by atoms with Gasteiger partial charge >= 0.3 is 5.56 Å². The minimum atomic E-state index is -2.74. The molecule has 0 saturated heterocycles. The maximum Gasteiger partial charge on any atom is 0.312 e. The molecule has 0 bridgehead atoms. The van der Waals surface area contributed by atoms with E-state index in [1.807, 2.05) is 36.1 Å². The van der Waals surface area contributed by atoms with Crippen molar-refractivity contribution in [1.82, 2.24) is 9.66 Å². The predicted molar refractivity (Wildman–Crippen MR) is 96.2 cm³/mol. The summed E-state index contributed by atoms with van der Waals surface area (Å²) < 4.78 is 19.0. The summed E-state index contributed by atoms with van der Waals surface area (Å²) in [4.78, 5) is 18.8. The molecular weight excluding hydrogens is 327 g/mol. The summed E-state index contributed by atoms with van der Waals surface area (Å²) in [5, 5.41) is 0.814. The van der Waals surface area contributed by atoms with Crippen LogP contribution in [0.25, 0.3) is 11.0 Å². The molecule has 128 valence electrons. The Morgan fingerprint density at radius 3 is 2.79 bits per heavy atom. The Bertz CT molecular complexity index is 906. The number of anilines is 1. The Balaban J connectivity index is 1.94. The topological polar surface area (TPSA) is 90.4 Å². The minimum Gasteiger partial charge on any atom is -0.348 e. The maximum absolute atomic E-state index is 12.5. The van der Waals surface area contributed by atoms with Crippen LogP contribution < -0.4 is 16.3 Å². The predicted octanol–water partition coefficient (Wildman–Crippen LogP) is 2.15. The van der Waals surface area contributed by atoms with Gasteiger partial charge in [0.1, 0.15) is 0 Å². The SMILES string of the molecule is CCOP(C)(=O)C1=CCN(c2nc3ccccc3n(N)c2=O)CC1. The van der Waals surface area contributed by atoms with E-state index in [0.29, 0.717) is 43.0 Å². The summed E-state index contributed by atoms with van der Waals surface area (Å²) in [7, 11) is -2.74. The van der Waals surface area contributed by atoms with Crippen LogP contribution in [0.2, 0.25) is 0 Å². The second-order valence-corrected chi connectivity index (χ2v) is 8.28. The van der Waals surface area contributed by atoms with Gasteiger partial charge in [-0.3, -0.25) is 9.36 Å². The smallest absolute Gasteiger partial charge is 0.312 e. The van der Waals surface area contributed by atoms with E-state index in [-0.39, 0.29) is 5.56 Å². The van der Waals surface area contributed by atoms with Crippen LogP contribution in [0.1, 0.15) is 13.3 Å². The van der Waals surface area contributed by atoms with Crippen LogP contribution in [0.15, 0.2) is 40.5 Å². The van der Waals surface area contributed by atoms with Crippen LogP contribution in [0.5, 0.6) is 0 Å². The number of rotatable bonds is 4. The van der Waals surface area contributed by atoms with Crippen molar-refractivity contribution >= 4 is 24.2 Å². The number of nitrogen functional groups attached to an aromatic ring is 1. The van der Waals surface area contributed by atoms with Crippen molar-refractivity contribution in [3.63, 3.8) is 0 Å². The van der Waals surface area contributed by atoms with Crippen LogP contribution in [-0.2, 0) is 9.09 Å². The molecule has 0 aliphatic carbocycles. The molecule has 1 aromatic heterocycles. The zero-order chi connectivity index (χ0) is 17.3. The zero-order valence-corrected chi connectivity index (χ0v) is 14.7. The van der Waals surface area contributed by atoms with E-state index in [1.54, 1.807) is 12.7 Å². The Hall–Kier alpha value is -2.11. The van der Waals surface area contributed by atoms with Gasteiger partial charge in [-0.25, -0.2) is 9.66 Å². The van der Waals surface area contributed by atoms with Crippen molar-refractivity contribution in [2.75, 3.05) is 37.1 Å². The molecule has 24 heavy (non-hydrogen) atoms.